The van der Waals surface area contributed by atoms with Gasteiger partial charge in [0.05, 0.1) is 6.54 Å². The van der Waals surface area contributed by atoms with Crippen LogP contribution in [0.1, 0.15) is 12.5 Å². The highest BCUT2D eigenvalue weighted by molar-refractivity contribution is 6.03. The largest absolute Gasteiger partial charge is 0.480 e. The number of anilines is 1. The van der Waals surface area contributed by atoms with Crippen LogP contribution in [0.3, 0.4) is 0 Å². The summed E-state index contributed by atoms with van der Waals surface area (Å²) in [6.07, 6.45) is 0.289. The van der Waals surface area contributed by atoms with Crippen molar-refractivity contribution < 1.29 is 19.5 Å². The Morgan fingerprint density at radius 3 is 2.68 bits per heavy atom. The molecule has 1 aliphatic heterocycles. The van der Waals surface area contributed by atoms with Gasteiger partial charge in [0.15, 0.2) is 0 Å². The maximum atomic E-state index is 12.1. The molecule has 0 saturated heterocycles. The summed E-state index contributed by atoms with van der Waals surface area (Å²) in [6.45, 7) is 1.10. The van der Waals surface area contributed by atoms with Gasteiger partial charge in [-0.1, -0.05) is 18.2 Å². The van der Waals surface area contributed by atoms with Crippen molar-refractivity contribution in [1.29, 1.82) is 0 Å². The number of hydrogen-bond donors (Lipinski definition) is 2. The van der Waals surface area contributed by atoms with E-state index in [-0.39, 0.29) is 18.9 Å². The van der Waals surface area contributed by atoms with Crippen LogP contribution in [0.5, 0.6) is 0 Å². The molecule has 6 nitrogen and oxygen atoms in total. The minimum absolute atomic E-state index is 0.201. The molecular weight excluding hydrogens is 248 g/mol. The van der Waals surface area contributed by atoms with Gasteiger partial charge in [0.1, 0.15) is 6.04 Å². The number of fused-ring (bicyclic) bond motifs is 1. The van der Waals surface area contributed by atoms with Crippen LogP contribution >= 0.6 is 0 Å². The molecule has 6 heteroatoms. The van der Waals surface area contributed by atoms with E-state index in [1.165, 1.54) is 11.8 Å². The third-order valence-corrected chi connectivity index (χ3v) is 3.02. The van der Waals surface area contributed by atoms with E-state index in [1.807, 2.05) is 0 Å². The fraction of sp³-hybridized carbons (Fsp3) is 0.308. The van der Waals surface area contributed by atoms with Gasteiger partial charge in [-0.15, -0.1) is 0 Å². The van der Waals surface area contributed by atoms with E-state index in [1.54, 1.807) is 24.3 Å². The molecule has 0 fully saturated rings. The lowest BCUT2D eigenvalue weighted by molar-refractivity contribution is -0.139. The van der Waals surface area contributed by atoms with Crippen molar-refractivity contribution in [3.63, 3.8) is 0 Å². The van der Waals surface area contributed by atoms with Gasteiger partial charge in [0.2, 0.25) is 11.8 Å². The molecule has 2 N–H and O–H groups in total. The average Bonchev–Trinajstić information content (AvgIpc) is 2.75. The summed E-state index contributed by atoms with van der Waals surface area (Å²) in [5.41, 5.74) is 1.43. The Morgan fingerprint density at radius 1 is 1.37 bits per heavy atom. The summed E-state index contributed by atoms with van der Waals surface area (Å²) >= 11 is 0. The topological polar surface area (TPSA) is 86.7 Å². The molecule has 19 heavy (non-hydrogen) atoms. The first-order chi connectivity index (χ1) is 9.00. The highest BCUT2D eigenvalue weighted by atomic mass is 16.4. The summed E-state index contributed by atoms with van der Waals surface area (Å²) < 4.78 is 0. The molecule has 1 heterocycles. The molecule has 1 unspecified atom stereocenters. The number of carbonyl (C=O) groups is 3. The standard InChI is InChI=1S/C13H14N2O4/c1-8(16)14-7-12(17)15-10-5-3-2-4-9(10)6-11(15)13(18)19/h2-5,11H,6-7H2,1H3,(H,14,16)(H,18,19). The third kappa shape index (κ3) is 2.57. The molecule has 1 atom stereocenters. The van der Waals surface area contributed by atoms with Crippen LogP contribution in [0.2, 0.25) is 0 Å². The Labute approximate surface area is 110 Å². The second-order valence-corrected chi connectivity index (χ2v) is 4.36. The highest BCUT2D eigenvalue weighted by Gasteiger charge is 2.37. The quantitative estimate of drug-likeness (QED) is 0.812. The van der Waals surface area contributed by atoms with Gasteiger partial charge in [-0.3, -0.25) is 14.5 Å². The minimum atomic E-state index is -1.05. The van der Waals surface area contributed by atoms with Crippen molar-refractivity contribution >= 4 is 23.5 Å². The molecule has 1 aromatic rings. The van der Waals surface area contributed by atoms with Crippen LogP contribution in [0.4, 0.5) is 5.69 Å². The number of aliphatic carboxylic acids is 1. The van der Waals surface area contributed by atoms with Gasteiger partial charge in [-0.05, 0) is 11.6 Å². The monoisotopic (exact) mass is 262 g/mol. The SMILES string of the molecule is CC(=O)NCC(=O)N1c2ccccc2CC1C(=O)O. The number of amides is 2. The summed E-state index contributed by atoms with van der Waals surface area (Å²) in [5.74, 6) is -1.80. The van der Waals surface area contributed by atoms with Gasteiger partial charge in [0.25, 0.3) is 0 Å². The van der Waals surface area contributed by atoms with E-state index in [0.717, 1.165) is 5.56 Å². The number of nitrogens with zero attached hydrogens (tertiary/aromatic N) is 1. The smallest absolute Gasteiger partial charge is 0.327 e. The molecule has 0 saturated carbocycles. The van der Waals surface area contributed by atoms with Crippen molar-refractivity contribution in [2.75, 3.05) is 11.4 Å². The van der Waals surface area contributed by atoms with Crippen LogP contribution in [0.15, 0.2) is 24.3 Å². The van der Waals surface area contributed by atoms with E-state index in [2.05, 4.69) is 5.32 Å². The summed E-state index contributed by atoms with van der Waals surface area (Å²) in [4.78, 5) is 35.4. The summed E-state index contributed by atoms with van der Waals surface area (Å²) in [5, 5.41) is 11.6. The van der Waals surface area contributed by atoms with E-state index in [0.29, 0.717) is 5.69 Å². The lowest BCUT2D eigenvalue weighted by Gasteiger charge is -2.22. The Balaban J connectivity index is 2.26. The van der Waals surface area contributed by atoms with E-state index < -0.39 is 17.9 Å². The summed E-state index contributed by atoms with van der Waals surface area (Å²) in [7, 11) is 0. The Hall–Kier alpha value is -2.37. The molecule has 0 radical (unpaired) electrons. The van der Waals surface area contributed by atoms with Crippen LogP contribution < -0.4 is 10.2 Å². The number of benzene rings is 1. The maximum absolute atomic E-state index is 12.1. The van der Waals surface area contributed by atoms with Gasteiger partial charge in [0, 0.05) is 19.0 Å². The lowest BCUT2D eigenvalue weighted by Crippen LogP contribution is -2.47. The summed E-state index contributed by atoms with van der Waals surface area (Å²) in [6, 6.07) is 6.17. The van der Waals surface area contributed by atoms with Gasteiger partial charge < -0.3 is 10.4 Å². The maximum Gasteiger partial charge on any atom is 0.327 e. The number of carboxylic acids is 1. The predicted octanol–water partition coefficient (Wildman–Crippen LogP) is 0.165. The molecule has 1 aromatic carbocycles. The number of carbonyl (C=O) groups excluding carboxylic acids is 2. The molecule has 2 rings (SSSR count). The van der Waals surface area contributed by atoms with E-state index in [4.69, 9.17) is 0 Å². The molecule has 0 spiro atoms. The molecule has 100 valence electrons. The highest BCUT2D eigenvalue weighted by Crippen LogP contribution is 2.32. The number of carboxylic acid groups (broad SMARTS) is 1. The van der Waals surface area contributed by atoms with E-state index in [9.17, 15) is 19.5 Å². The number of para-hydroxylation sites is 1. The first-order valence-electron chi connectivity index (χ1n) is 5.88. The first-order valence-corrected chi connectivity index (χ1v) is 5.88. The number of rotatable bonds is 3. The van der Waals surface area contributed by atoms with E-state index >= 15 is 0 Å². The normalized spacial score (nSPS) is 16.9. The van der Waals surface area contributed by atoms with Crippen LogP contribution in [-0.4, -0.2) is 35.5 Å². The van der Waals surface area contributed by atoms with Gasteiger partial charge >= 0.3 is 5.97 Å². The Morgan fingerprint density at radius 2 is 2.05 bits per heavy atom. The second kappa shape index (κ2) is 5.09. The van der Waals surface area contributed by atoms with Crippen molar-refractivity contribution in [2.24, 2.45) is 0 Å². The van der Waals surface area contributed by atoms with Crippen molar-refractivity contribution in [3.8, 4) is 0 Å². The zero-order valence-corrected chi connectivity index (χ0v) is 10.4. The molecule has 0 aliphatic carbocycles. The zero-order chi connectivity index (χ0) is 14.0. The van der Waals surface area contributed by atoms with Crippen LogP contribution in [0.25, 0.3) is 0 Å². The fourth-order valence-electron chi connectivity index (χ4n) is 2.18. The second-order valence-electron chi connectivity index (χ2n) is 4.36. The molecule has 1 aliphatic rings. The number of hydrogen-bond acceptors (Lipinski definition) is 3. The van der Waals surface area contributed by atoms with Crippen LogP contribution in [0, 0.1) is 0 Å². The van der Waals surface area contributed by atoms with Gasteiger partial charge in [-0.25, -0.2) is 4.79 Å². The average molecular weight is 262 g/mol. The molecular formula is C13H14N2O4. The van der Waals surface area contributed by atoms with Crippen molar-refractivity contribution in [2.45, 2.75) is 19.4 Å². The zero-order valence-electron chi connectivity index (χ0n) is 10.4. The van der Waals surface area contributed by atoms with Crippen LogP contribution in [-0.2, 0) is 20.8 Å². The molecule has 2 amide bonds. The molecule has 0 bridgehead atoms. The Bertz CT molecular complexity index is 541. The minimum Gasteiger partial charge on any atom is -0.480 e. The lowest BCUT2D eigenvalue weighted by atomic mass is 10.1. The fourth-order valence-corrected chi connectivity index (χ4v) is 2.18. The van der Waals surface area contributed by atoms with Gasteiger partial charge in [-0.2, -0.15) is 0 Å². The third-order valence-electron chi connectivity index (χ3n) is 3.02. The first kappa shape index (κ1) is 13.1. The number of nitrogens with one attached hydrogen (secondary N) is 1. The predicted molar refractivity (Wildman–Crippen MR) is 67.7 cm³/mol. The van der Waals surface area contributed by atoms with Crippen molar-refractivity contribution in [3.05, 3.63) is 29.8 Å². The Kier molecular flexibility index (Phi) is 3.50. The van der Waals surface area contributed by atoms with Crippen molar-refractivity contribution in [1.82, 2.24) is 5.32 Å². The molecule has 0 aromatic heterocycles.